The van der Waals surface area contributed by atoms with Crippen molar-refractivity contribution in [3.63, 3.8) is 0 Å². The van der Waals surface area contributed by atoms with E-state index in [9.17, 15) is 10.1 Å². The number of aryl methyl sites for hydroxylation is 3. The molecule has 3 aromatic carbocycles. The number of carbonyl (C=O) groups is 1. The molecule has 33 heavy (non-hydrogen) atoms. The monoisotopic (exact) mass is 552 g/mol. The SMILES string of the molecule is COc1cc(/C=C(\C#N)C(=O)Nc2ccccc2C)cc(I)c1OCc1ccc(C)c(C)c1. The molecule has 0 unspecified atom stereocenters. The molecule has 3 aromatic rings. The molecule has 0 aromatic heterocycles. The number of hydrogen-bond acceptors (Lipinski definition) is 4. The first kappa shape index (κ1) is 24.3. The van der Waals surface area contributed by atoms with Gasteiger partial charge in [0.1, 0.15) is 18.2 Å². The zero-order valence-corrected chi connectivity index (χ0v) is 21.2. The zero-order chi connectivity index (χ0) is 24.0. The van der Waals surface area contributed by atoms with Crippen LogP contribution < -0.4 is 14.8 Å². The number of halogens is 1. The number of benzene rings is 3. The van der Waals surface area contributed by atoms with Crippen molar-refractivity contribution >= 4 is 40.3 Å². The molecule has 0 fully saturated rings. The minimum Gasteiger partial charge on any atom is -0.493 e. The second-order valence-electron chi connectivity index (χ2n) is 7.68. The Morgan fingerprint density at radius 1 is 1.06 bits per heavy atom. The van der Waals surface area contributed by atoms with E-state index in [4.69, 9.17) is 9.47 Å². The first-order chi connectivity index (χ1) is 15.8. The summed E-state index contributed by atoms with van der Waals surface area (Å²) in [5, 5.41) is 12.4. The predicted octanol–water partition coefficient (Wildman–Crippen LogP) is 6.35. The van der Waals surface area contributed by atoms with E-state index >= 15 is 0 Å². The Morgan fingerprint density at radius 2 is 1.82 bits per heavy atom. The number of nitrogens with zero attached hydrogens (tertiary/aromatic N) is 1. The lowest BCUT2D eigenvalue weighted by atomic mass is 10.1. The van der Waals surface area contributed by atoms with Gasteiger partial charge in [0.05, 0.1) is 10.7 Å². The minimum absolute atomic E-state index is 0.0000879. The van der Waals surface area contributed by atoms with Gasteiger partial charge < -0.3 is 14.8 Å². The highest BCUT2D eigenvalue weighted by molar-refractivity contribution is 14.1. The van der Waals surface area contributed by atoms with Crippen molar-refractivity contribution in [2.45, 2.75) is 27.4 Å². The van der Waals surface area contributed by atoms with Gasteiger partial charge in [-0.3, -0.25) is 4.79 Å². The van der Waals surface area contributed by atoms with E-state index in [0.29, 0.717) is 29.4 Å². The number of hydrogen-bond donors (Lipinski definition) is 1. The Hall–Kier alpha value is -3.31. The molecule has 0 aliphatic carbocycles. The van der Waals surface area contributed by atoms with Crippen LogP contribution in [0.15, 0.2) is 60.2 Å². The molecule has 0 spiro atoms. The van der Waals surface area contributed by atoms with Crippen LogP contribution in [0.2, 0.25) is 0 Å². The maximum absolute atomic E-state index is 12.7. The molecule has 6 heteroatoms. The van der Waals surface area contributed by atoms with Crippen molar-refractivity contribution in [1.82, 2.24) is 0 Å². The number of carbonyl (C=O) groups excluding carboxylic acids is 1. The third-order valence-corrected chi connectivity index (χ3v) is 6.08. The van der Waals surface area contributed by atoms with Crippen molar-refractivity contribution in [2.75, 3.05) is 12.4 Å². The summed E-state index contributed by atoms with van der Waals surface area (Å²) in [7, 11) is 1.57. The second kappa shape index (κ2) is 11.0. The summed E-state index contributed by atoms with van der Waals surface area (Å²) in [6.07, 6.45) is 1.55. The van der Waals surface area contributed by atoms with Crippen molar-refractivity contribution in [2.24, 2.45) is 0 Å². The molecule has 1 N–H and O–H groups in total. The molecule has 0 radical (unpaired) electrons. The minimum atomic E-state index is -0.462. The van der Waals surface area contributed by atoms with E-state index in [0.717, 1.165) is 14.7 Å². The smallest absolute Gasteiger partial charge is 0.266 e. The van der Waals surface area contributed by atoms with Crippen LogP contribution in [-0.4, -0.2) is 13.0 Å². The molecule has 0 bridgehead atoms. The molecule has 0 saturated carbocycles. The molecular weight excluding hydrogens is 527 g/mol. The Bertz CT molecular complexity index is 1260. The van der Waals surface area contributed by atoms with E-state index in [-0.39, 0.29) is 5.57 Å². The highest BCUT2D eigenvalue weighted by atomic mass is 127. The molecule has 3 rings (SSSR count). The van der Waals surface area contributed by atoms with Crippen LogP contribution in [0.1, 0.15) is 27.8 Å². The summed E-state index contributed by atoms with van der Waals surface area (Å²) < 4.78 is 12.4. The van der Waals surface area contributed by atoms with Crippen LogP contribution >= 0.6 is 22.6 Å². The van der Waals surface area contributed by atoms with Gasteiger partial charge >= 0.3 is 0 Å². The number of nitrogens with one attached hydrogen (secondary N) is 1. The molecular formula is C27H25IN2O3. The van der Waals surface area contributed by atoms with Gasteiger partial charge in [-0.05, 0) is 95.5 Å². The fraction of sp³-hybridized carbons (Fsp3) is 0.185. The molecule has 168 valence electrons. The first-order valence-corrected chi connectivity index (χ1v) is 11.5. The van der Waals surface area contributed by atoms with E-state index in [1.54, 1.807) is 25.3 Å². The lowest BCUT2D eigenvalue weighted by molar-refractivity contribution is -0.112. The van der Waals surface area contributed by atoms with E-state index in [1.807, 2.05) is 43.3 Å². The zero-order valence-electron chi connectivity index (χ0n) is 19.0. The van der Waals surface area contributed by atoms with Crippen molar-refractivity contribution in [3.05, 3.63) is 91.6 Å². The number of nitriles is 1. The fourth-order valence-corrected chi connectivity index (χ4v) is 4.01. The molecule has 0 heterocycles. The quantitative estimate of drug-likeness (QED) is 0.211. The van der Waals surface area contributed by atoms with Crippen molar-refractivity contribution < 1.29 is 14.3 Å². The number of para-hydroxylation sites is 1. The summed E-state index contributed by atoms with van der Waals surface area (Å²) in [6.45, 7) is 6.46. The van der Waals surface area contributed by atoms with Gasteiger partial charge in [0.2, 0.25) is 0 Å². The summed E-state index contributed by atoms with van der Waals surface area (Å²) >= 11 is 2.17. The average molecular weight is 552 g/mol. The van der Waals surface area contributed by atoms with Gasteiger partial charge in [-0.1, -0.05) is 36.4 Å². The van der Waals surface area contributed by atoms with E-state index in [1.165, 1.54) is 11.1 Å². The normalized spacial score (nSPS) is 11.0. The Balaban J connectivity index is 1.83. The molecule has 0 aliphatic rings. The molecule has 0 saturated heterocycles. The lowest BCUT2D eigenvalue weighted by Crippen LogP contribution is -2.14. The summed E-state index contributed by atoms with van der Waals surface area (Å²) in [5.41, 5.74) is 5.79. The Kier molecular flexibility index (Phi) is 8.12. The highest BCUT2D eigenvalue weighted by Gasteiger charge is 2.15. The van der Waals surface area contributed by atoms with Gasteiger partial charge in [0.15, 0.2) is 11.5 Å². The number of ether oxygens (including phenoxy) is 2. The third-order valence-electron chi connectivity index (χ3n) is 5.28. The van der Waals surface area contributed by atoms with Gasteiger partial charge in [-0.25, -0.2) is 0 Å². The molecule has 0 aliphatic heterocycles. The largest absolute Gasteiger partial charge is 0.493 e. The van der Waals surface area contributed by atoms with Crippen LogP contribution in [0.3, 0.4) is 0 Å². The van der Waals surface area contributed by atoms with Crippen molar-refractivity contribution in [1.29, 1.82) is 5.26 Å². The number of rotatable bonds is 7. The second-order valence-corrected chi connectivity index (χ2v) is 8.84. The number of anilines is 1. The highest BCUT2D eigenvalue weighted by Crippen LogP contribution is 2.35. The van der Waals surface area contributed by atoms with Crippen LogP contribution in [0.4, 0.5) is 5.69 Å². The topological polar surface area (TPSA) is 71.3 Å². The number of amides is 1. The van der Waals surface area contributed by atoms with Gasteiger partial charge in [-0.2, -0.15) is 5.26 Å². The fourth-order valence-electron chi connectivity index (χ4n) is 3.23. The summed E-state index contributed by atoms with van der Waals surface area (Å²) in [5.74, 6) is 0.695. The summed E-state index contributed by atoms with van der Waals surface area (Å²) in [6, 6.07) is 19.3. The maximum Gasteiger partial charge on any atom is 0.266 e. The standard InChI is InChI=1S/C27H25IN2O3/c1-17-9-10-20(11-19(17)3)16-33-26-23(28)13-21(14-25(26)32-4)12-22(15-29)27(31)30-24-8-6-5-7-18(24)2/h5-14H,16H2,1-4H3,(H,30,31)/b22-12+. The molecule has 1 amide bonds. The maximum atomic E-state index is 12.7. The van der Waals surface area contributed by atoms with Crippen LogP contribution in [0, 0.1) is 35.7 Å². The Labute approximate surface area is 208 Å². The molecule has 5 nitrogen and oxygen atoms in total. The average Bonchev–Trinajstić information content (AvgIpc) is 2.80. The van der Waals surface area contributed by atoms with Gasteiger partial charge in [-0.15, -0.1) is 0 Å². The van der Waals surface area contributed by atoms with Crippen LogP contribution in [0.25, 0.3) is 6.08 Å². The Morgan fingerprint density at radius 3 is 2.48 bits per heavy atom. The van der Waals surface area contributed by atoms with Gasteiger partial charge in [0, 0.05) is 5.69 Å². The molecule has 0 atom stereocenters. The first-order valence-electron chi connectivity index (χ1n) is 10.4. The predicted molar refractivity (Wildman–Crippen MR) is 139 cm³/mol. The van der Waals surface area contributed by atoms with E-state index < -0.39 is 5.91 Å². The van der Waals surface area contributed by atoms with E-state index in [2.05, 4.69) is 53.9 Å². The third kappa shape index (κ3) is 6.14. The number of methoxy groups -OCH3 is 1. The van der Waals surface area contributed by atoms with Crippen LogP contribution in [0.5, 0.6) is 11.5 Å². The van der Waals surface area contributed by atoms with Crippen LogP contribution in [-0.2, 0) is 11.4 Å². The summed E-state index contributed by atoms with van der Waals surface area (Å²) in [4.78, 5) is 12.7. The lowest BCUT2D eigenvalue weighted by Gasteiger charge is -2.14. The van der Waals surface area contributed by atoms with Gasteiger partial charge in [0.25, 0.3) is 5.91 Å². The van der Waals surface area contributed by atoms with Crippen molar-refractivity contribution in [3.8, 4) is 17.6 Å².